The fourth-order valence-electron chi connectivity index (χ4n) is 5.23. The van der Waals surface area contributed by atoms with E-state index in [1.807, 2.05) is 4.90 Å². The highest BCUT2D eigenvalue weighted by atomic mass is 19.1. The number of nitrogens with one attached hydrogen (secondary N) is 2. The summed E-state index contributed by atoms with van der Waals surface area (Å²) in [6, 6.07) is 5.20. The number of unbranched alkanes of at least 4 members (excludes halogenated alkanes) is 1. The van der Waals surface area contributed by atoms with E-state index < -0.39 is 0 Å². The van der Waals surface area contributed by atoms with E-state index >= 15 is 0 Å². The van der Waals surface area contributed by atoms with Gasteiger partial charge in [-0.2, -0.15) is 0 Å². The largest absolute Gasteiger partial charge is 0.351 e. The van der Waals surface area contributed by atoms with E-state index in [1.165, 1.54) is 24.3 Å². The van der Waals surface area contributed by atoms with Crippen LogP contribution in [0.3, 0.4) is 0 Å². The van der Waals surface area contributed by atoms with E-state index in [4.69, 9.17) is 0 Å². The Morgan fingerprint density at radius 3 is 2.32 bits per heavy atom. The molecule has 2 N–H and O–H groups in total. The zero-order chi connectivity index (χ0) is 24.5. The van der Waals surface area contributed by atoms with Crippen LogP contribution in [-0.2, 0) is 9.59 Å². The van der Waals surface area contributed by atoms with Gasteiger partial charge in [0.15, 0.2) is 0 Å². The second kappa shape index (κ2) is 12.9. The summed E-state index contributed by atoms with van der Waals surface area (Å²) < 4.78 is 13.2. The first-order chi connectivity index (χ1) is 16.4. The number of halogens is 1. The van der Waals surface area contributed by atoms with Crippen LogP contribution in [0.15, 0.2) is 24.3 Å². The highest BCUT2D eigenvalue weighted by Gasteiger charge is 2.34. The van der Waals surface area contributed by atoms with Gasteiger partial charge in [-0.3, -0.25) is 14.4 Å². The van der Waals surface area contributed by atoms with E-state index in [1.54, 1.807) is 0 Å². The van der Waals surface area contributed by atoms with Crippen molar-refractivity contribution >= 4 is 17.7 Å². The van der Waals surface area contributed by atoms with Gasteiger partial charge in [0, 0.05) is 36.7 Å². The smallest absolute Gasteiger partial charge is 0.251 e. The van der Waals surface area contributed by atoms with Gasteiger partial charge in [0.25, 0.3) is 5.91 Å². The van der Waals surface area contributed by atoms with Gasteiger partial charge in [-0.15, -0.1) is 0 Å². The van der Waals surface area contributed by atoms with Crippen LogP contribution in [0.1, 0.15) is 88.4 Å². The number of hydrogen-bond donors (Lipinski definition) is 2. The Balaban J connectivity index is 1.57. The molecule has 7 heteroatoms. The van der Waals surface area contributed by atoms with Crippen LogP contribution in [0, 0.1) is 17.7 Å². The zero-order valence-electron chi connectivity index (χ0n) is 20.7. The van der Waals surface area contributed by atoms with Crippen LogP contribution < -0.4 is 10.6 Å². The second-order valence-electron chi connectivity index (χ2n) is 9.86. The number of likely N-dealkylation sites (tertiary alicyclic amines) is 1. The number of carbonyl (C=O) groups excluding carboxylic acids is 3. The van der Waals surface area contributed by atoms with E-state index in [-0.39, 0.29) is 47.5 Å². The molecular weight excluding hydrogens is 433 g/mol. The Labute approximate surface area is 203 Å². The molecule has 1 aliphatic heterocycles. The van der Waals surface area contributed by atoms with Crippen molar-refractivity contribution in [1.82, 2.24) is 15.5 Å². The summed E-state index contributed by atoms with van der Waals surface area (Å²) in [5.74, 6) is -0.626. The molecule has 0 spiro atoms. The molecule has 0 unspecified atom stereocenters. The summed E-state index contributed by atoms with van der Waals surface area (Å²) in [6.45, 7) is 5.41. The second-order valence-corrected chi connectivity index (χ2v) is 9.86. The van der Waals surface area contributed by atoms with Crippen molar-refractivity contribution in [3.63, 3.8) is 0 Å². The Kier molecular flexibility index (Phi) is 9.90. The van der Waals surface area contributed by atoms with Crippen molar-refractivity contribution in [1.29, 1.82) is 0 Å². The van der Waals surface area contributed by atoms with Crippen molar-refractivity contribution in [2.24, 2.45) is 11.8 Å². The molecule has 0 bridgehead atoms. The van der Waals surface area contributed by atoms with Gasteiger partial charge >= 0.3 is 0 Å². The van der Waals surface area contributed by atoms with Crippen LogP contribution in [0.2, 0.25) is 0 Å². The zero-order valence-corrected chi connectivity index (χ0v) is 20.7. The minimum Gasteiger partial charge on any atom is -0.351 e. The van der Waals surface area contributed by atoms with Crippen LogP contribution >= 0.6 is 0 Å². The lowest BCUT2D eigenvalue weighted by Gasteiger charge is -2.37. The summed E-state index contributed by atoms with van der Waals surface area (Å²) in [6.07, 6.45) is 9.09. The quantitative estimate of drug-likeness (QED) is 0.557. The molecule has 188 valence electrons. The number of piperidine rings is 1. The topological polar surface area (TPSA) is 78.5 Å². The molecule has 1 saturated heterocycles. The third-order valence-corrected chi connectivity index (χ3v) is 7.37. The maximum absolute atomic E-state index is 13.2. The van der Waals surface area contributed by atoms with Crippen molar-refractivity contribution < 1.29 is 18.8 Å². The van der Waals surface area contributed by atoms with Crippen molar-refractivity contribution in [3.05, 3.63) is 35.6 Å². The molecule has 3 rings (SSSR count). The molecule has 2 fully saturated rings. The molecule has 3 amide bonds. The molecule has 2 aliphatic rings. The van der Waals surface area contributed by atoms with Crippen molar-refractivity contribution in [2.45, 2.75) is 90.1 Å². The molecule has 0 radical (unpaired) electrons. The average molecular weight is 474 g/mol. The van der Waals surface area contributed by atoms with Gasteiger partial charge in [-0.25, -0.2) is 4.39 Å². The first kappa shape index (κ1) is 26.2. The van der Waals surface area contributed by atoms with Gasteiger partial charge in [-0.05, 0) is 62.8 Å². The number of benzene rings is 1. The fourth-order valence-corrected chi connectivity index (χ4v) is 5.23. The van der Waals surface area contributed by atoms with Gasteiger partial charge in [0.2, 0.25) is 11.8 Å². The Morgan fingerprint density at radius 2 is 1.68 bits per heavy atom. The fraction of sp³-hybridized carbons (Fsp3) is 0.667. The molecule has 1 aromatic carbocycles. The molecule has 1 aromatic rings. The van der Waals surface area contributed by atoms with E-state index in [9.17, 15) is 18.8 Å². The predicted molar refractivity (Wildman–Crippen MR) is 131 cm³/mol. The van der Waals surface area contributed by atoms with E-state index in [0.717, 1.165) is 70.8 Å². The van der Waals surface area contributed by atoms with Crippen molar-refractivity contribution in [2.75, 3.05) is 13.1 Å². The predicted octanol–water partition coefficient (Wildman–Crippen LogP) is 4.44. The van der Waals surface area contributed by atoms with Gasteiger partial charge < -0.3 is 15.5 Å². The number of amides is 3. The minimum atomic E-state index is -0.380. The maximum Gasteiger partial charge on any atom is 0.251 e. The number of rotatable bonds is 9. The number of hydrogen-bond acceptors (Lipinski definition) is 3. The monoisotopic (exact) mass is 473 g/mol. The molecule has 6 nitrogen and oxygen atoms in total. The number of carbonyl (C=O) groups is 3. The van der Waals surface area contributed by atoms with Crippen LogP contribution in [0.4, 0.5) is 4.39 Å². The van der Waals surface area contributed by atoms with Gasteiger partial charge in [-0.1, -0.05) is 39.5 Å². The summed E-state index contributed by atoms with van der Waals surface area (Å²) in [5, 5.41) is 6.23. The molecule has 1 saturated carbocycles. The molecule has 1 aliphatic carbocycles. The highest BCUT2D eigenvalue weighted by molar-refractivity contribution is 5.94. The lowest BCUT2D eigenvalue weighted by molar-refractivity contribution is -0.139. The lowest BCUT2D eigenvalue weighted by Crippen LogP contribution is -2.55. The van der Waals surface area contributed by atoms with Crippen LogP contribution in [0.25, 0.3) is 0 Å². The molecule has 0 aromatic heterocycles. The summed E-state index contributed by atoms with van der Waals surface area (Å²) >= 11 is 0. The Hall–Kier alpha value is -2.44. The third-order valence-electron chi connectivity index (χ3n) is 7.37. The van der Waals surface area contributed by atoms with Crippen LogP contribution in [-0.4, -0.2) is 47.8 Å². The average Bonchev–Trinajstić information content (AvgIpc) is 2.86. The lowest BCUT2D eigenvalue weighted by atomic mass is 9.88. The van der Waals surface area contributed by atoms with Crippen LogP contribution in [0.5, 0.6) is 0 Å². The third kappa shape index (κ3) is 7.03. The van der Waals surface area contributed by atoms with Crippen molar-refractivity contribution in [3.8, 4) is 0 Å². The summed E-state index contributed by atoms with van der Waals surface area (Å²) in [4.78, 5) is 40.8. The minimum absolute atomic E-state index is 0.0213. The van der Waals surface area contributed by atoms with Gasteiger partial charge in [0.1, 0.15) is 5.82 Å². The highest BCUT2D eigenvalue weighted by Crippen LogP contribution is 2.24. The standard InChI is InChI=1S/C27H40FN3O3/c1-3-5-9-19(4-2)27(34)31-17-8-10-21(18-31)26(33)30-24-12-7-6-11-23(24)29-25(32)20-13-15-22(28)16-14-20/h13-16,19,21,23-24H,3-12,17-18H2,1-2H3,(H,29,32)(H,30,33)/t19-,21-,23-,24-/m1/s1. The Bertz CT molecular complexity index is 829. The summed E-state index contributed by atoms with van der Waals surface area (Å²) in [5.41, 5.74) is 0.409. The first-order valence-electron chi connectivity index (χ1n) is 13.1. The normalized spacial score (nSPS) is 23.7. The summed E-state index contributed by atoms with van der Waals surface area (Å²) in [7, 11) is 0. The van der Waals surface area contributed by atoms with Gasteiger partial charge in [0.05, 0.1) is 5.92 Å². The number of nitrogens with zero attached hydrogens (tertiary/aromatic N) is 1. The van der Waals surface area contributed by atoms with E-state index in [2.05, 4.69) is 24.5 Å². The molecule has 34 heavy (non-hydrogen) atoms. The SMILES string of the molecule is CCCC[C@@H](CC)C(=O)N1CCC[C@@H](C(=O)N[C@@H]2CCCC[C@H]2NC(=O)c2ccc(F)cc2)C1. The van der Waals surface area contributed by atoms with E-state index in [0.29, 0.717) is 12.1 Å². The Morgan fingerprint density at radius 1 is 1.00 bits per heavy atom. The molecule has 1 heterocycles. The molecule has 4 atom stereocenters. The first-order valence-corrected chi connectivity index (χ1v) is 13.1. The maximum atomic E-state index is 13.2. The molecular formula is C27H40FN3O3.